The molecule has 8 heteroatoms. The van der Waals surface area contributed by atoms with E-state index in [0.29, 0.717) is 5.69 Å². The lowest BCUT2D eigenvalue weighted by molar-refractivity contribution is -0.389. The third-order valence-electron chi connectivity index (χ3n) is 2.28. The molecule has 1 N–H and O–H groups in total. The number of rotatable bonds is 2. The normalized spacial score (nSPS) is 15.6. The minimum absolute atomic E-state index is 0.197. The Labute approximate surface area is 95.4 Å². The van der Waals surface area contributed by atoms with Crippen molar-refractivity contribution in [3.05, 3.63) is 28.4 Å². The van der Waals surface area contributed by atoms with Crippen molar-refractivity contribution in [3.8, 4) is 0 Å². The van der Waals surface area contributed by atoms with Gasteiger partial charge in [0.1, 0.15) is 0 Å². The summed E-state index contributed by atoms with van der Waals surface area (Å²) in [7, 11) is 0. The number of hydrogen-bond acceptors (Lipinski definition) is 5. The molecule has 0 aromatic carbocycles. The lowest BCUT2D eigenvalue weighted by Crippen LogP contribution is -2.49. The van der Waals surface area contributed by atoms with Gasteiger partial charge in [0.15, 0.2) is 6.20 Å². The molecule has 1 aromatic rings. The lowest BCUT2D eigenvalue weighted by atomic mass is 10.3. The first-order chi connectivity index (χ1) is 8.08. The van der Waals surface area contributed by atoms with Gasteiger partial charge in [-0.2, -0.15) is 0 Å². The number of pyridine rings is 1. The number of nitrogens with one attached hydrogen (secondary N) is 1. The van der Waals surface area contributed by atoms with E-state index < -0.39 is 11.0 Å². The molecule has 88 valence electrons. The van der Waals surface area contributed by atoms with Crippen LogP contribution in [0.2, 0.25) is 0 Å². The third kappa shape index (κ3) is 2.19. The second-order valence-corrected chi connectivity index (χ2v) is 3.39. The predicted octanol–water partition coefficient (Wildman–Crippen LogP) is 0.436. The van der Waals surface area contributed by atoms with E-state index in [1.165, 1.54) is 23.2 Å². The topological polar surface area (TPSA) is 105 Å². The molecule has 2 heterocycles. The number of nitrogens with zero attached hydrogens (tertiary/aromatic N) is 3. The zero-order chi connectivity index (χ0) is 12.4. The van der Waals surface area contributed by atoms with Crippen LogP contribution in [0.15, 0.2) is 18.3 Å². The highest BCUT2D eigenvalue weighted by atomic mass is 16.6. The molecule has 0 unspecified atom stereocenters. The Hall–Kier alpha value is -2.51. The molecule has 0 spiro atoms. The van der Waals surface area contributed by atoms with E-state index in [1.54, 1.807) is 0 Å². The lowest BCUT2D eigenvalue weighted by Gasteiger charge is -2.25. The van der Waals surface area contributed by atoms with Crippen molar-refractivity contribution in [2.45, 2.75) is 6.42 Å². The Balaban J connectivity index is 2.20. The minimum atomic E-state index is -0.621. The Kier molecular flexibility index (Phi) is 2.69. The molecule has 0 aliphatic carbocycles. The van der Waals surface area contributed by atoms with Crippen LogP contribution in [-0.4, -0.2) is 28.4 Å². The second kappa shape index (κ2) is 4.16. The van der Waals surface area contributed by atoms with Gasteiger partial charge in [-0.3, -0.25) is 15.0 Å². The van der Waals surface area contributed by atoms with Gasteiger partial charge in [0.25, 0.3) is 0 Å². The van der Waals surface area contributed by atoms with Crippen LogP contribution in [0.4, 0.5) is 16.3 Å². The molecule has 1 aromatic heterocycles. The van der Waals surface area contributed by atoms with Crippen molar-refractivity contribution in [2.24, 2.45) is 0 Å². The van der Waals surface area contributed by atoms with Crippen molar-refractivity contribution in [3.63, 3.8) is 0 Å². The summed E-state index contributed by atoms with van der Waals surface area (Å²) in [5, 5.41) is 12.6. The van der Waals surface area contributed by atoms with Gasteiger partial charge in [-0.25, -0.2) is 4.79 Å². The zero-order valence-electron chi connectivity index (χ0n) is 8.62. The fraction of sp³-hybridized carbons (Fsp3) is 0.222. The smallest absolute Gasteiger partial charge is 0.358 e. The molecule has 1 aliphatic rings. The number of urea groups is 1. The number of carbonyl (C=O) groups is 2. The van der Waals surface area contributed by atoms with Gasteiger partial charge in [-0.15, -0.1) is 0 Å². The number of anilines is 1. The maximum absolute atomic E-state index is 11.5. The molecule has 1 aliphatic heterocycles. The first-order valence-electron chi connectivity index (χ1n) is 4.80. The predicted molar refractivity (Wildman–Crippen MR) is 56.4 cm³/mol. The van der Waals surface area contributed by atoms with Crippen LogP contribution in [-0.2, 0) is 4.79 Å². The van der Waals surface area contributed by atoms with Gasteiger partial charge < -0.3 is 10.1 Å². The van der Waals surface area contributed by atoms with Crippen LogP contribution in [0, 0.1) is 10.1 Å². The fourth-order valence-electron chi connectivity index (χ4n) is 1.46. The number of hydrogen-bond donors (Lipinski definition) is 1. The number of imide groups is 1. The molecule has 0 saturated carbocycles. The maximum Gasteiger partial charge on any atom is 0.363 e. The summed E-state index contributed by atoms with van der Waals surface area (Å²) in [6, 6.07) is 2.08. The van der Waals surface area contributed by atoms with Gasteiger partial charge in [-0.1, -0.05) is 0 Å². The van der Waals surface area contributed by atoms with E-state index in [2.05, 4.69) is 10.3 Å². The molecule has 8 nitrogen and oxygen atoms in total. The summed E-state index contributed by atoms with van der Waals surface area (Å²) in [5.74, 6) is -0.622. The van der Waals surface area contributed by atoms with Crippen molar-refractivity contribution < 1.29 is 14.5 Å². The standard InChI is InChI=1S/C9H8N4O4/c14-8-3-4-12(9(15)11-8)6-1-2-7(10-5-6)13(16)17/h1-2,5H,3-4H2,(H,11,14,15). The first kappa shape index (κ1) is 11.0. The van der Waals surface area contributed by atoms with Crippen LogP contribution in [0.1, 0.15) is 6.42 Å². The van der Waals surface area contributed by atoms with Crippen molar-refractivity contribution in [2.75, 3.05) is 11.4 Å². The van der Waals surface area contributed by atoms with Crippen LogP contribution in [0.5, 0.6) is 0 Å². The summed E-state index contributed by atoms with van der Waals surface area (Å²) in [6.07, 6.45) is 1.43. The van der Waals surface area contributed by atoms with Gasteiger partial charge >= 0.3 is 11.8 Å². The van der Waals surface area contributed by atoms with Gasteiger partial charge in [0, 0.05) is 19.0 Å². The molecule has 0 bridgehead atoms. The summed E-state index contributed by atoms with van der Waals surface area (Å²) in [5.41, 5.74) is 0.417. The summed E-state index contributed by atoms with van der Waals surface area (Å²) in [6.45, 7) is 0.240. The van der Waals surface area contributed by atoms with E-state index in [0.717, 1.165) is 0 Å². The van der Waals surface area contributed by atoms with Gasteiger partial charge in [0.05, 0.1) is 5.69 Å². The molecule has 1 saturated heterocycles. The van der Waals surface area contributed by atoms with Crippen molar-refractivity contribution in [1.29, 1.82) is 0 Å². The van der Waals surface area contributed by atoms with E-state index in [-0.39, 0.29) is 24.7 Å². The van der Waals surface area contributed by atoms with E-state index in [1.807, 2.05) is 0 Å². The van der Waals surface area contributed by atoms with Crippen LogP contribution in [0.25, 0.3) is 0 Å². The van der Waals surface area contributed by atoms with E-state index >= 15 is 0 Å². The maximum atomic E-state index is 11.5. The highest BCUT2D eigenvalue weighted by molar-refractivity contribution is 6.05. The molecule has 3 amide bonds. The van der Waals surface area contributed by atoms with Crippen molar-refractivity contribution in [1.82, 2.24) is 10.3 Å². The van der Waals surface area contributed by atoms with Crippen LogP contribution < -0.4 is 10.2 Å². The Morgan fingerprint density at radius 1 is 1.41 bits per heavy atom. The summed E-state index contributed by atoms with van der Waals surface area (Å²) >= 11 is 0. The van der Waals surface area contributed by atoms with E-state index in [4.69, 9.17) is 0 Å². The molecule has 2 rings (SSSR count). The monoisotopic (exact) mass is 236 g/mol. The first-order valence-corrected chi connectivity index (χ1v) is 4.80. The zero-order valence-corrected chi connectivity index (χ0v) is 8.62. The number of amides is 3. The summed E-state index contributed by atoms with van der Waals surface area (Å²) in [4.78, 5) is 37.1. The van der Waals surface area contributed by atoms with Crippen molar-refractivity contribution >= 4 is 23.4 Å². The van der Waals surface area contributed by atoms with Crippen LogP contribution >= 0.6 is 0 Å². The third-order valence-corrected chi connectivity index (χ3v) is 2.28. The van der Waals surface area contributed by atoms with Gasteiger partial charge in [-0.05, 0) is 16.0 Å². The molecule has 1 fully saturated rings. The largest absolute Gasteiger partial charge is 0.363 e. The highest BCUT2D eigenvalue weighted by Gasteiger charge is 2.25. The minimum Gasteiger partial charge on any atom is -0.358 e. The highest BCUT2D eigenvalue weighted by Crippen LogP contribution is 2.18. The number of nitro groups is 1. The van der Waals surface area contributed by atoms with Gasteiger partial charge in [0.2, 0.25) is 5.91 Å². The molecule has 0 radical (unpaired) electrons. The number of carbonyl (C=O) groups excluding carboxylic acids is 2. The van der Waals surface area contributed by atoms with Crippen LogP contribution in [0.3, 0.4) is 0 Å². The molecule has 0 atom stereocenters. The molecular weight excluding hydrogens is 228 g/mol. The Morgan fingerprint density at radius 3 is 2.71 bits per heavy atom. The average Bonchev–Trinajstić information content (AvgIpc) is 2.29. The molecular formula is C9H8N4O4. The number of aromatic nitrogens is 1. The van der Waals surface area contributed by atoms with E-state index in [9.17, 15) is 19.7 Å². The average molecular weight is 236 g/mol. The Morgan fingerprint density at radius 2 is 2.18 bits per heavy atom. The second-order valence-electron chi connectivity index (χ2n) is 3.39. The SMILES string of the molecule is O=C1CCN(c2ccc([N+](=O)[O-])nc2)C(=O)N1. The molecule has 17 heavy (non-hydrogen) atoms. The quantitative estimate of drug-likeness (QED) is 0.592. The summed E-state index contributed by atoms with van der Waals surface area (Å²) < 4.78 is 0. The Bertz CT molecular complexity index is 484. The fourth-order valence-corrected chi connectivity index (χ4v) is 1.46.